The Morgan fingerprint density at radius 3 is 2.29 bits per heavy atom. The monoisotopic (exact) mass is 375 g/mol. The maximum Gasteiger partial charge on any atom is 0.263 e. The van der Waals surface area contributed by atoms with Gasteiger partial charge in [-0.2, -0.15) is 5.26 Å². The summed E-state index contributed by atoms with van der Waals surface area (Å²) in [5.41, 5.74) is 4.46. The highest BCUT2D eigenvalue weighted by Crippen LogP contribution is 2.15. The SMILES string of the molecule is CCCCc1ccc(N/C=C(/C#N)C(=O)NC(C)c2ccc(CC)cc2)cc1. The van der Waals surface area contributed by atoms with E-state index in [9.17, 15) is 10.1 Å². The van der Waals surface area contributed by atoms with Gasteiger partial charge in [0, 0.05) is 11.9 Å². The summed E-state index contributed by atoms with van der Waals surface area (Å²) < 4.78 is 0. The number of nitriles is 1. The van der Waals surface area contributed by atoms with Gasteiger partial charge in [-0.1, -0.05) is 56.7 Å². The first kappa shape index (κ1) is 21.2. The molecule has 28 heavy (non-hydrogen) atoms. The molecule has 0 fully saturated rings. The third kappa shape index (κ3) is 6.28. The summed E-state index contributed by atoms with van der Waals surface area (Å²) in [6.07, 6.45) is 5.85. The van der Waals surface area contributed by atoms with Gasteiger partial charge in [0.25, 0.3) is 5.91 Å². The number of hydrogen-bond donors (Lipinski definition) is 2. The fourth-order valence-corrected chi connectivity index (χ4v) is 2.85. The second-order valence-electron chi connectivity index (χ2n) is 6.90. The number of carbonyl (C=O) groups excluding carboxylic acids is 1. The zero-order valence-electron chi connectivity index (χ0n) is 17.0. The first-order valence-electron chi connectivity index (χ1n) is 9.92. The minimum Gasteiger partial charge on any atom is -0.360 e. The van der Waals surface area contributed by atoms with Crippen LogP contribution in [0.2, 0.25) is 0 Å². The fraction of sp³-hybridized carbons (Fsp3) is 0.333. The number of nitrogens with one attached hydrogen (secondary N) is 2. The van der Waals surface area contributed by atoms with E-state index in [1.54, 1.807) is 0 Å². The lowest BCUT2D eigenvalue weighted by Crippen LogP contribution is -2.28. The summed E-state index contributed by atoms with van der Waals surface area (Å²) in [6.45, 7) is 6.20. The summed E-state index contributed by atoms with van der Waals surface area (Å²) in [4.78, 5) is 12.4. The summed E-state index contributed by atoms with van der Waals surface area (Å²) in [5, 5.41) is 15.3. The van der Waals surface area contributed by atoms with Crippen LogP contribution in [0, 0.1) is 11.3 Å². The van der Waals surface area contributed by atoms with Crippen molar-refractivity contribution in [2.75, 3.05) is 5.32 Å². The number of hydrogen-bond acceptors (Lipinski definition) is 3. The molecule has 1 atom stereocenters. The topological polar surface area (TPSA) is 64.9 Å². The molecule has 0 radical (unpaired) electrons. The molecule has 0 saturated carbocycles. The largest absolute Gasteiger partial charge is 0.360 e. The number of benzene rings is 2. The molecule has 0 heterocycles. The lowest BCUT2D eigenvalue weighted by atomic mass is 10.0. The molecule has 1 amide bonds. The summed E-state index contributed by atoms with van der Waals surface area (Å²) in [6, 6.07) is 18.0. The third-order valence-corrected chi connectivity index (χ3v) is 4.76. The van der Waals surface area contributed by atoms with Crippen LogP contribution < -0.4 is 10.6 Å². The summed E-state index contributed by atoms with van der Waals surface area (Å²) in [7, 11) is 0. The van der Waals surface area contributed by atoms with Crippen molar-refractivity contribution < 1.29 is 4.79 Å². The highest BCUT2D eigenvalue weighted by atomic mass is 16.1. The number of carbonyl (C=O) groups is 1. The number of nitrogens with zero attached hydrogens (tertiary/aromatic N) is 1. The van der Waals surface area contributed by atoms with E-state index in [2.05, 4.69) is 48.7 Å². The van der Waals surface area contributed by atoms with Crippen molar-refractivity contribution >= 4 is 11.6 Å². The summed E-state index contributed by atoms with van der Waals surface area (Å²) in [5.74, 6) is -0.387. The van der Waals surface area contributed by atoms with Crippen LogP contribution >= 0.6 is 0 Å². The molecule has 2 rings (SSSR count). The molecule has 4 heteroatoms. The van der Waals surface area contributed by atoms with E-state index in [4.69, 9.17) is 0 Å². The first-order chi connectivity index (χ1) is 13.6. The standard InChI is InChI=1S/C24H29N3O/c1-4-6-7-20-10-14-23(15-11-20)26-17-22(16-25)24(28)27-18(3)21-12-8-19(5-2)9-13-21/h8-15,17-18,26H,4-7H2,1-3H3,(H,27,28)/b22-17-. The van der Waals surface area contributed by atoms with Crippen LogP contribution in [0.5, 0.6) is 0 Å². The van der Waals surface area contributed by atoms with E-state index in [-0.39, 0.29) is 17.5 Å². The smallest absolute Gasteiger partial charge is 0.263 e. The highest BCUT2D eigenvalue weighted by Gasteiger charge is 2.13. The summed E-state index contributed by atoms with van der Waals surface area (Å²) >= 11 is 0. The molecule has 0 bridgehead atoms. The van der Waals surface area contributed by atoms with E-state index < -0.39 is 0 Å². The van der Waals surface area contributed by atoms with Gasteiger partial charge < -0.3 is 10.6 Å². The molecule has 146 valence electrons. The Hall–Kier alpha value is -3.06. The van der Waals surface area contributed by atoms with E-state index >= 15 is 0 Å². The number of rotatable bonds is 9. The van der Waals surface area contributed by atoms with Crippen LogP contribution in [0.25, 0.3) is 0 Å². The minimum absolute atomic E-state index is 0.0482. The fourth-order valence-electron chi connectivity index (χ4n) is 2.85. The van der Waals surface area contributed by atoms with Crippen LogP contribution in [0.1, 0.15) is 56.3 Å². The lowest BCUT2D eigenvalue weighted by Gasteiger charge is -2.14. The Balaban J connectivity index is 1.96. The van der Waals surface area contributed by atoms with Crippen molar-refractivity contribution in [2.24, 2.45) is 0 Å². The molecular weight excluding hydrogens is 346 g/mol. The molecule has 0 saturated heterocycles. The maximum absolute atomic E-state index is 12.4. The minimum atomic E-state index is -0.387. The van der Waals surface area contributed by atoms with Crippen LogP contribution in [0.3, 0.4) is 0 Å². The Morgan fingerprint density at radius 2 is 1.71 bits per heavy atom. The molecule has 2 aromatic rings. The van der Waals surface area contributed by atoms with Gasteiger partial charge in [0.2, 0.25) is 0 Å². The van der Waals surface area contributed by atoms with Gasteiger partial charge in [-0.3, -0.25) is 4.79 Å². The highest BCUT2D eigenvalue weighted by molar-refractivity contribution is 5.97. The number of aryl methyl sites for hydroxylation is 2. The zero-order valence-corrected chi connectivity index (χ0v) is 17.0. The van der Waals surface area contributed by atoms with Gasteiger partial charge in [0.1, 0.15) is 11.6 Å². The maximum atomic E-state index is 12.4. The zero-order chi connectivity index (χ0) is 20.4. The molecule has 2 N–H and O–H groups in total. The van der Waals surface area contributed by atoms with Gasteiger partial charge in [-0.15, -0.1) is 0 Å². The van der Waals surface area contributed by atoms with Crippen molar-refractivity contribution in [3.05, 3.63) is 77.0 Å². The van der Waals surface area contributed by atoms with Crippen LogP contribution in [-0.2, 0) is 17.6 Å². The van der Waals surface area contributed by atoms with Gasteiger partial charge in [0.15, 0.2) is 0 Å². The third-order valence-electron chi connectivity index (χ3n) is 4.76. The Kier molecular flexibility index (Phi) is 8.30. The van der Waals surface area contributed by atoms with E-state index in [0.29, 0.717) is 0 Å². The second-order valence-corrected chi connectivity index (χ2v) is 6.90. The van der Waals surface area contributed by atoms with Crippen molar-refractivity contribution in [1.29, 1.82) is 5.26 Å². The Bertz CT molecular complexity index is 830. The molecular formula is C24H29N3O. The normalized spacial score (nSPS) is 12.1. The van der Waals surface area contributed by atoms with Gasteiger partial charge in [0.05, 0.1) is 6.04 Å². The van der Waals surface area contributed by atoms with Crippen LogP contribution in [-0.4, -0.2) is 5.91 Å². The number of amides is 1. The van der Waals surface area contributed by atoms with Crippen molar-refractivity contribution in [3.63, 3.8) is 0 Å². The number of anilines is 1. The van der Waals surface area contributed by atoms with E-state index in [1.807, 2.05) is 37.3 Å². The predicted molar refractivity (Wildman–Crippen MR) is 115 cm³/mol. The van der Waals surface area contributed by atoms with Gasteiger partial charge >= 0.3 is 0 Å². The molecule has 0 aromatic heterocycles. The average molecular weight is 376 g/mol. The Morgan fingerprint density at radius 1 is 1.07 bits per heavy atom. The van der Waals surface area contributed by atoms with E-state index in [1.165, 1.54) is 30.2 Å². The van der Waals surface area contributed by atoms with Crippen molar-refractivity contribution in [3.8, 4) is 6.07 Å². The quantitative estimate of drug-likeness (QED) is 0.462. The van der Waals surface area contributed by atoms with Gasteiger partial charge in [-0.25, -0.2) is 0 Å². The predicted octanol–water partition coefficient (Wildman–Crippen LogP) is 5.29. The Labute approximate surface area is 168 Å². The van der Waals surface area contributed by atoms with E-state index in [0.717, 1.165) is 24.1 Å². The lowest BCUT2D eigenvalue weighted by molar-refractivity contribution is -0.117. The van der Waals surface area contributed by atoms with Crippen molar-refractivity contribution in [2.45, 2.75) is 52.5 Å². The van der Waals surface area contributed by atoms with Crippen LogP contribution in [0.4, 0.5) is 5.69 Å². The second kappa shape index (κ2) is 10.9. The molecule has 0 aliphatic carbocycles. The molecule has 2 aromatic carbocycles. The molecule has 0 spiro atoms. The molecule has 1 unspecified atom stereocenters. The molecule has 4 nitrogen and oxygen atoms in total. The number of unbranched alkanes of at least 4 members (excludes halogenated alkanes) is 1. The first-order valence-corrected chi connectivity index (χ1v) is 9.92. The van der Waals surface area contributed by atoms with Crippen LogP contribution in [0.15, 0.2) is 60.3 Å². The average Bonchev–Trinajstić information content (AvgIpc) is 2.73. The molecule has 0 aliphatic rings. The molecule has 0 aliphatic heterocycles. The van der Waals surface area contributed by atoms with Crippen molar-refractivity contribution in [1.82, 2.24) is 5.32 Å². The van der Waals surface area contributed by atoms with Gasteiger partial charge in [-0.05, 0) is 55.0 Å².